The molecular weight excluding hydrogens is 328 g/mol. The second-order valence-corrected chi connectivity index (χ2v) is 6.54. The van der Waals surface area contributed by atoms with E-state index in [-0.39, 0.29) is 25.0 Å². The van der Waals surface area contributed by atoms with Gasteiger partial charge in [-0.1, -0.05) is 54.1 Å². The summed E-state index contributed by atoms with van der Waals surface area (Å²) in [5, 5.41) is 19.5. The minimum Gasteiger partial charge on any atom is -0.394 e. The molecule has 1 aliphatic heterocycles. The lowest BCUT2D eigenvalue weighted by atomic mass is 9.73. The number of aliphatic hydroxyl groups excluding tert-OH is 1. The second kappa shape index (κ2) is 7.69. The number of hydrogen-bond donors (Lipinski definition) is 1. The van der Waals surface area contributed by atoms with Crippen molar-refractivity contribution in [3.05, 3.63) is 59.7 Å². The van der Waals surface area contributed by atoms with E-state index < -0.39 is 12.1 Å². The highest BCUT2D eigenvalue weighted by Crippen LogP contribution is 2.44. The monoisotopic (exact) mass is 350 g/mol. The molecule has 0 unspecified atom stereocenters. The predicted molar refractivity (Wildman–Crippen MR) is 98.4 cm³/mol. The van der Waals surface area contributed by atoms with E-state index in [1.165, 1.54) is 17.6 Å². The molecule has 3 rings (SSSR count). The topological polar surface area (TPSA) is 73.6 Å². The molecule has 1 saturated heterocycles. The highest BCUT2D eigenvalue weighted by Gasteiger charge is 2.52. The van der Waals surface area contributed by atoms with Gasteiger partial charge in [-0.05, 0) is 23.6 Å². The molecule has 0 saturated carbocycles. The van der Waals surface area contributed by atoms with E-state index in [9.17, 15) is 15.2 Å². The molecule has 0 spiro atoms. The lowest BCUT2D eigenvalue weighted by Crippen LogP contribution is -2.66. The molecule has 1 N–H and O–H groups in total. The molecule has 3 atom stereocenters. The number of aryl methyl sites for hydroxylation is 1. The molecule has 5 heteroatoms. The van der Waals surface area contributed by atoms with Crippen LogP contribution in [-0.4, -0.2) is 48.3 Å². The van der Waals surface area contributed by atoms with Crippen LogP contribution >= 0.6 is 0 Å². The molecule has 1 heterocycles. The fraction of sp³-hybridized carbons (Fsp3) is 0.333. The number of nitriles is 1. The minimum absolute atomic E-state index is 0.0962. The quantitative estimate of drug-likeness (QED) is 0.899. The standard InChI is InChI=1S/C21H22N2O3/c1-14-7-9-15(10-8-14)16-5-3-4-6-17(16)21-18(11-22)23(19(21)12-24)20(25)13-26-2/h3-10,18-19,21,24H,12-13H2,1-2H3/t18-,19+,21+/m0/s1. The first kappa shape index (κ1) is 18.1. The summed E-state index contributed by atoms with van der Waals surface area (Å²) in [7, 11) is 1.44. The van der Waals surface area contributed by atoms with Gasteiger partial charge >= 0.3 is 0 Å². The number of aliphatic hydroxyl groups is 1. The van der Waals surface area contributed by atoms with Gasteiger partial charge < -0.3 is 14.7 Å². The number of benzene rings is 2. The van der Waals surface area contributed by atoms with Crippen LogP contribution in [0, 0.1) is 18.3 Å². The first-order valence-corrected chi connectivity index (χ1v) is 8.59. The first-order valence-electron chi connectivity index (χ1n) is 8.59. The molecule has 0 radical (unpaired) electrons. The van der Waals surface area contributed by atoms with Gasteiger partial charge in [-0.15, -0.1) is 0 Å². The number of nitrogens with zero attached hydrogens (tertiary/aromatic N) is 2. The van der Waals surface area contributed by atoms with Crippen molar-refractivity contribution in [2.45, 2.75) is 24.9 Å². The van der Waals surface area contributed by atoms with E-state index in [1.54, 1.807) is 0 Å². The van der Waals surface area contributed by atoms with Crippen LogP contribution in [-0.2, 0) is 9.53 Å². The summed E-state index contributed by atoms with van der Waals surface area (Å²) >= 11 is 0. The molecule has 1 fully saturated rings. The van der Waals surface area contributed by atoms with E-state index in [4.69, 9.17) is 4.74 Å². The number of hydrogen-bond acceptors (Lipinski definition) is 4. The molecule has 0 aliphatic carbocycles. The van der Waals surface area contributed by atoms with Gasteiger partial charge in [-0.3, -0.25) is 4.79 Å². The third kappa shape index (κ3) is 3.10. The van der Waals surface area contributed by atoms with Gasteiger partial charge in [0.1, 0.15) is 12.6 Å². The van der Waals surface area contributed by atoms with Crippen molar-refractivity contribution in [3.63, 3.8) is 0 Å². The average molecular weight is 350 g/mol. The molecule has 1 aliphatic rings. The minimum atomic E-state index is -0.610. The van der Waals surface area contributed by atoms with Gasteiger partial charge in [0.2, 0.25) is 5.91 Å². The molecule has 0 bridgehead atoms. The summed E-state index contributed by atoms with van der Waals surface area (Å²) in [6.07, 6.45) is 0. The Morgan fingerprint density at radius 2 is 1.92 bits per heavy atom. The lowest BCUT2D eigenvalue weighted by Gasteiger charge is -2.52. The van der Waals surface area contributed by atoms with Crippen molar-refractivity contribution >= 4 is 5.91 Å². The zero-order chi connectivity index (χ0) is 18.7. The van der Waals surface area contributed by atoms with E-state index in [1.807, 2.05) is 43.3 Å². The molecule has 134 valence electrons. The van der Waals surface area contributed by atoms with Crippen LogP contribution in [0.1, 0.15) is 17.0 Å². The Kier molecular flexibility index (Phi) is 5.36. The Morgan fingerprint density at radius 1 is 1.23 bits per heavy atom. The van der Waals surface area contributed by atoms with E-state index in [2.05, 4.69) is 18.2 Å². The van der Waals surface area contributed by atoms with Crippen LogP contribution in [0.25, 0.3) is 11.1 Å². The van der Waals surface area contributed by atoms with Crippen molar-refractivity contribution in [2.24, 2.45) is 0 Å². The molecule has 5 nitrogen and oxygen atoms in total. The first-order chi connectivity index (χ1) is 12.6. The zero-order valence-corrected chi connectivity index (χ0v) is 14.9. The third-order valence-electron chi connectivity index (χ3n) is 4.97. The Labute approximate surface area is 153 Å². The smallest absolute Gasteiger partial charge is 0.249 e. The summed E-state index contributed by atoms with van der Waals surface area (Å²) < 4.78 is 4.91. The number of carbonyl (C=O) groups is 1. The lowest BCUT2D eigenvalue weighted by molar-refractivity contribution is -0.150. The number of amides is 1. The fourth-order valence-electron chi connectivity index (χ4n) is 3.70. The zero-order valence-electron chi connectivity index (χ0n) is 14.9. The van der Waals surface area contributed by atoms with Crippen molar-refractivity contribution in [2.75, 3.05) is 20.3 Å². The normalized spacial score (nSPS) is 21.8. The Bertz CT molecular complexity index is 826. The van der Waals surface area contributed by atoms with Crippen molar-refractivity contribution in [1.29, 1.82) is 5.26 Å². The van der Waals surface area contributed by atoms with Crippen molar-refractivity contribution in [3.8, 4) is 17.2 Å². The summed E-state index contributed by atoms with van der Waals surface area (Å²) in [5.41, 5.74) is 4.23. The summed E-state index contributed by atoms with van der Waals surface area (Å²) in [6.45, 7) is 1.75. The summed E-state index contributed by atoms with van der Waals surface area (Å²) in [6, 6.07) is 17.3. The number of ether oxygens (including phenoxy) is 1. The Hall–Kier alpha value is -2.68. The molecular formula is C21H22N2O3. The van der Waals surface area contributed by atoms with Crippen molar-refractivity contribution < 1.29 is 14.6 Å². The highest BCUT2D eigenvalue weighted by atomic mass is 16.5. The maximum Gasteiger partial charge on any atom is 0.249 e. The Balaban J connectivity index is 2.00. The van der Waals surface area contributed by atoms with Gasteiger partial charge in [0.05, 0.1) is 18.7 Å². The van der Waals surface area contributed by atoms with Crippen molar-refractivity contribution in [1.82, 2.24) is 4.90 Å². The largest absolute Gasteiger partial charge is 0.394 e. The maximum atomic E-state index is 12.3. The predicted octanol–water partition coefficient (Wildman–Crippen LogP) is 2.49. The maximum absolute atomic E-state index is 12.3. The van der Waals surface area contributed by atoms with Crippen LogP contribution in [0.5, 0.6) is 0 Å². The number of carbonyl (C=O) groups excluding carboxylic acids is 1. The molecule has 26 heavy (non-hydrogen) atoms. The number of rotatable bonds is 5. The van der Waals surface area contributed by atoms with Crippen LogP contribution in [0.4, 0.5) is 0 Å². The van der Waals surface area contributed by atoms with Gasteiger partial charge in [0.15, 0.2) is 0 Å². The van der Waals surface area contributed by atoms with Gasteiger partial charge in [0, 0.05) is 13.0 Å². The fourth-order valence-corrected chi connectivity index (χ4v) is 3.70. The van der Waals surface area contributed by atoms with E-state index in [0.29, 0.717) is 0 Å². The van der Waals surface area contributed by atoms with E-state index in [0.717, 1.165) is 16.7 Å². The van der Waals surface area contributed by atoms with Crippen LogP contribution in [0.15, 0.2) is 48.5 Å². The van der Waals surface area contributed by atoms with Gasteiger partial charge in [-0.2, -0.15) is 5.26 Å². The Morgan fingerprint density at radius 3 is 2.54 bits per heavy atom. The van der Waals surface area contributed by atoms with Crippen LogP contribution < -0.4 is 0 Å². The van der Waals surface area contributed by atoms with Crippen LogP contribution in [0.2, 0.25) is 0 Å². The summed E-state index contributed by atoms with van der Waals surface area (Å²) in [4.78, 5) is 13.7. The molecule has 1 amide bonds. The SMILES string of the molecule is COCC(=O)N1[C@H](CO)[C@H](c2ccccc2-c2ccc(C)cc2)[C@@H]1C#N. The third-order valence-corrected chi connectivity index (χ3v) is 4.97. The van der Waals surface area contributed by atoms with E-state index >= 15 is 0 Å². The van der Waals surface area contributed by atoms with Gasteiger partial charge in [0.25, 0.3) is 0 Å². The summed E-state index contributed by atoms with van der Waals surface area (Å²) in [5.74, 6) is -0.509. The van der Waals surface area contributed by atoms with Gasteiger partial charge in [-0.25, -0.2) is 0 Å². The highest BCUT2D eigenvalue weighted by molar-refractivity contribution is 5.81. The van der Waals surface area contributed by atoms with Crippen LogP contribution in [0.3, 0.4) is 0 Å². The average Bonchev–Trinajstić information content (AvgIpc) is 2.63. The second-order valence-electron chi connectivity index (χ2n) is 6.54. The number of methoxy groups -OCH3 is 1. The molecule has 2 aromatic rings. The number of likely N-dealkylation sites (tertiary alicyclic amines) is 1. The molecule has 2 aromatic carbocycles. The molecule has 0 aromatic heterocycles.